The molecule has 2 heterocycles. The van der Waals surface area contributed by atoms with Crippen LogP contribution in [0.5, 0.6) is 0 Å². The maximum absolute atomic E-state index is 13.5. The van der Waals surface area contributed by atoms with Crippen LogP contribution in [0.1, 0.15) is 53.8 Å². The Labute approximate surface area is 235 Å². The van der Waals surface area contributed by atoms with E-state index >= 15 is 0 Å². The molecule has 0 saturated heterocycles. The van der Waals surface area contributed by atoms with Gasteiger partial charge in [0, 0.05) is 22.2 Å². The summed E-state index contributed by atoms with van der Waals surface area (Å²) in [6.07, 6.45) is 4.37. The van der Waals surface area contributed by atoms with E-state index in [2.05, 4.69) is 26.1 Å². The van der Waals surface area contributed by atoms with E-state index in [0.29, 0.717) is 33.6 Å². The maximum atomic E-state index is 13.5. The van der Waals surface area contributed by atoms with Crippen LogP contribution in [0.4, 0.5) is 16.4 Å². The van der Waals surface area contributed by atoms with Crippen molar-refractivity contribution in [1.82, 2.24) is 0 Å². The summed E-state index contributed by atoms with van der Waals surface area (Å²) in [7, 11) is 0. The van der Waals surface area contributed by atoms with Crippen molar-refractivity contribution in [2.45, 2.75) is 40.0 Å². The van der Waals surface area contributed by atoms with E-state index in [9.17, 15) is 14.9 Å². The molecule has 5 rings (SSSR count). The molecule has 0 unspecified atom stereocenters. The predicted octanol–water partition coefficient (Wildman–Crippen LogP) is 8.72. The number of hydrogen-bond donors (Lipinski definition) is 1. The minimum atomic E-state index is -0.526. The number of nitro benzene ring substituents is 1. The third kappa shape index (κ3) is 5.82. The van der Waals surface area contributed by atoms with Gasteiger partial charge in [0.15, 0.2) is 0 Å². The Balaban J connectivity index is 1.46. The molecule has 2 aromatic heterocycles. The second-order valence-electron chi connectivity index (χ2n) is 10.7. The average molecular weight is 562 g/mol. The molecule has 0 saturated carbocycles. The Hall–Kier alpha value is -3.75. The van der Waals surface area contributed by atoms with Gasteiger partial charge < -0.3 is 9.73 Å². The Morgan fingerprint density at radius 3 is 2.67 bits per heavy atom. The highest BCUT2D eigenvalue weighted by Gasteiger charge is 2.33. The molecular formula is C30H28ClN3O4S. The number of carbonyl (C=O) groups is 1. The number of thiophene rings is 1. The Kier molecular flexibility index (Phi) is 7.42. The Bertz CT molecular complexity index is 1570. The van der Waals surface area contributed by atoms with Crippen molar-refractivity contribution >= 4 is 51.4 Å². The fraction of sp³-hybridized carbons (Fsp3) is 0.267. The molecule has 0 spiro atoms. The molecular weight excluding hydrogens is 534 g/mol. The summed E-state index contributed by atoms with van der Waals surface area (Å²) < 4.78 is 5.91. The zero-order valence-electron chi connectivity index (χ0n) is 21.9. The summed E-state index contributed by atoms with van der Waals surface area (Å²) in [6, 6.07) is 17.4. The van der Waals surface area contributed by atoms with Gasteiger partial charge in [-0.15, -0.1) is 11.3 Å². The molecule has 2 aromatic carbocycles. The molecule has 1 amide bonds. The fourth-order valence-electron chi connectivity index (χ4n) is 4.86. The number of nitrogens with zero attached hydrogens (tertiary/aromatic N) is 2. The standard InChI is InChI=1S/C30H28ClN3O4S/c1-30(2,3)19-10-12-22-26(16-19)39-29(27(22)28(35)33-20-7-5-4-6-8-20)32-17-21-11-14-25(38-21)18-9-13-23(31)24(15-18)34(36)37/h4-9,11,13-15,17,19H,10,12,16H2,1-3H3,(H,33,35)/t19-/m0/s1. The van der Waals surface area contributed by atoms with Crippen LogP contribution >= 0.6 is 22.9 Å². The molecule has 7 nitrogen and oxygen atoms in total. The van der Waals surface area contributed by atoms with Gasteiger partial charge >= 0.3 is 0 Å². The van der Waals surface area contributed by atoms with Crippen molar-refractivity contribution in [3.05, 3.63) is 97.6 Å². The number of furan rings is 1. The Morgan fingerprint density at radius 1 is 1.18 bits per heavy atom. The topological polar surface area (TPSA) is 97.7 Å². The van der Waals surface area contributed by atoms with Gasteiger partial charge in [0.25, 0.3) is 11.6 Å². The van der Waals surface area contributed by atoms with Crippen LogP contribution in [0, 0.1) is 21.4 Å². The number of nitrogens with one attached hydrogen (secondary N) is 1. The van der Waals surface area contributed by atoms with E-state index in [1.54, 1.807) is 35.8 Å². The molecule has 9 heteroatoms. The zero-order chi connectivity index (χ0) is 27.7. The van der Waals surface area contributed by atoms with Gasteiger partial charge in [-0.25, -0.2) is 4.99 Å². The van der Waals surface area contributed by atoms with E-state index in [1.807, 2.05) is 30.3 Å². The SMILES string of the molecule is CC(C)(C)[C@H]1CCc2c(sc(N=Cc3ccc(-c4ccc(Cl)c([N+](=O)[O-])c4)o3)c2C(=O)Nc2ccccc2)C1. The van der Waals surface area contributed by atoms with E-state index in [1.165, 1.54) is 17.0 Å². The molecule has 1 aliphatic rings. The number of aliphatic imine (C=N–C) groups is 1. The third-order valence-electron chi connectivity index (χ3n) is 7.09. The van der Waals surface area contributed by atoms with E-state index in [0.717, 1.165) is 30.5 Å². The predicted molar refractivity (Wildman–Crippen MR) is 157 cm³/mol. The molecule has 0 aliphatic heterocycles. The molecule has 4 aromatic rings. The van der Waals surface area contributed by atoms with Gasteiger partial charge in [-0.2, -0.15) is 0 Å². The summed E-state index contributed by atoms with van der Waals surface area (Å²) in [4.78, 5) is 30.2. The van der Waals surface area contributed by atoms with Crippen molar-refractivity contribution < 1.29 is 14.1 Å². The first-order valence-corrected chi connectivity index (χ1v) is 13.9. The van der Waals surface area contributed by atoms with E-state index < -0.39 is 4.92 Å². The van der Waals surface area contributed by atoms with Gasteiger partial charge in [-0.05, 0) is 72.6 Å². The summed E-state index contributed by atoms with van der Waals surface area (Å²) in [6.45, 7) is 6.80. The average Bonchev–Trinajstić information content (AvgIpc) is 3.52. The highest BCUT2D eigenvalue weighted by atomic mass is 35.5. The molecule has 0 radical (unpaired) electrons. The quantitative estimate of drug-likeness (QED) is 0.144. The number of nitro groups is 1. The normalized spacial score (nSPS) is 15.3. The number of para-hydroxylation sites is 1. The van der Waals surface area contributed by atoms with Gasteiger partial charge in [0.1, 0.15) is 21.5 Å². The summed E-state index contributed by atoms with van der Waals surface area (Å²) in [5.74, 6) is 1.28. The lowest BCUT2D eigenvalue weighted by atomic mass is 9.72. The van der Waals surface area contributed by atoms with Crippen molar-refractivity contribution in [3.8, 4) is 11.3 Å². The van der Waals surface area contributed by atoms with Crippen molar-refractivity contribution in [3.63, 3.8) is 0 Å². The van der Waals surface area contributed by atoms with Crippen LogP contribution in [0.3, 0.4) is 0 Å². The number of fused-ring (bicyclic) bond motifs is 1. The molecule has 1 aliphatic carbocycles. The number of benzene rings is 2. The smallest absolute Gasteiger partial charge is 0.288 e. The number of anilines is 1. The highest BCUT2D eigenvalue weighted by Crippen LogP contribution is 2.45. The van der Waals surface area contributed by atoms with Crippen molar-refractivity contribution in [2.75, 3.05) is 5.32 Å². The molecule has 1 atom stereocenters. The van der Waals surface area contributed by atoms with Crippen LogP contribution in [-0.4, -0.2) is 17.0 Å². The maximum Gasteiger partial charge on any atom is 0.288 e. The number of halogens is 1. The van der Waals surface area contributed by atoms with Crippen molar-refractivity contribution in [2.24, 2.45) is 16.3 Å². The Morgan fingerprint density at radius 2 is 1.95 bits per heavy atom. The molecule has 0 bridgehead atoms. The van der Waals surface area contributed by atoms with Gasteiger partial charge in [-0.1, -0.05) is 50.6 Å². The number of amides is 1. The number of carbonyl (C=O) groups excluding carboxylic acids is 1. The highest BCUT2D eigenvalue weighted by molar-refractivity contribution is 7.16. The van der Waals surface area contributed by atoms with Gasteiger partial charge in [0.05, 0.1) is 16.7 Å². The largest absolute Gasteiger partial charge is 0.455 e. The van der Waals surface area contributed by atoms with Crippen LogP contribution in [0.15, 0.2) is 70.1 Å². The fourth-order valence-corrected chi connectivity index (χ4v) is 6.31. The molecule has 200 valence electrons. The van der Waals surface area contributed by atoms with Crippen LogP contribution in [0.25, 0.3) is 11.3 Å². The third-order valence-corrected chi connectivity index (χ3v) is 8.58. The lowest BCUT2D eigenvalue weighted by molar-refractivity contribution is -0.384. The van der Waals surface area contributed by atoms with Crippen LogP contribution < -0.4 is 5.32 Å². The summed E-state index contributed by atoms with van der Waals surface area (Å²) in [5, 5.41) is 15.0. The minimum absolute atomic E-state index is 0.0637. The lowest BCUT2D eigenvalue weighted by Crippen LogP contribution is -2.27. The number of hydrogen-bond acceptors (Lipinski definition) is 6. The first-order valence-electron chi connectivity index (χ1n) is 12.7. The summed E-state index contributed by atoms with van der Waals surface area (Å²) >= 11 is 7.50. The van der Waals surface area contributed by atoms with Crippen LogP contribution in [-0.2, 0) is 12.8 Å². The molecule has 0 fully saturated rings. The van der Waals surface area contributed by atoms with E-state index in [-0.39, 0.29) is 22.0 Å². The molecule has 1 N–H and O–H groups in total. The molecule has 39 heavy (non-hydrogen) atoms. The second-order valence-corrected chi connectivity index (χ2v) is 12.2. The van der Waals surface area contributed by atoms with E-state index in [4.69, 9.17) is 21.0 Å². The number of rotatable bonds is 6. The zero-order valence-corrected chi connectivity index (χ0v) is 23.4. The minimum Gasteiger partial charge on any atom is -0.455 e. The van der Waals surface area contributed by atoms with Gasteiger partial charge in [0.2, 0.25) is 0 Å². The monoisotopic (exact) mass is 561 g/mol. The van der Waals surface area contributed by atoms with Crippen LogP contribution in [0.2, 0.25) is 5.02 Å². The summed E-state index contributed by atoms with van der Waals surface area (Å²) in [5.41, 5.74) is 2.95. The lowest BCUT2D eigenvalue weighted by Gasteiger charge is -2.33. The van der Waals surface area contributed by atoms with Crippen molar-refractivity contribution in [1.29, 1.82) is 0 Å². The first kappa shape index (κ1) is 26.8. The van der Waals surface area contributed by atoms with Gasteiger partial charge in [-0.3, -0.25) is 14.9 Å². The second kappa shape index (κ2) is 10.8. The first-order chi connectivity index (χ1) is 18.6.